The maximum absolute atomic E-state index is 11.9. The molecule has 5 nitrogen and oxygen atoms in total. The molecule has 1 aromatic heterocycles. The summed E-state index contributed by atoms with van der Waals surface area (Å²) in [6.07, 6.45) is 4.74. The van der Waals surface area contributed by atoms with Gasteiger partial charge in [-0.25, -0.2) is 0 Å². The predicted molar refractivity (Wildman–Crippen MR) is 69.1 cm³/mol. The molecule has 1 N–H and O–H groups in total. The number of furan rings is 1. The van der Waals surface area contributed by atoms with Crippen LogP contribution in [0.3, 0.4) is 0 Å². The lowest BCUT2D eigenvalue weighted by Gasteiger charge is -2.13. The molecule has 102 valence electrons. The van der Waals surface area contributed by atoms with E-state index in [2.05, 4.69) is 5.32 Å². The number of hydrogen-bond acceptors (Lipinski definition) is 4. The van der Waals surface area contributed by atoms with Gasteiger partial charge in [0.05, 0.1) is 18.8 Å². The Bertz CT molecular complexity index is 498. The van der Waals surface area contributed by atoms with Crippen LogP contribution in [-0.4, -0.2) is 25.5 Å². The van der Waals surface area contributed by atoms with Gasteiger partial charge in [0.2, 0.25) is 5.91 Å². The topological polar surface area (TPSA) is 68.5 Å². The number of nitrogens with one attached hydrogen (secondary N) is 1. The Balaban J connectivity index is 1.90. The number of hydrogen-bond donors (Lipinski definition) is 1. The van der Waals surface area contributed by atoms with Crippen molar-refractivity contribution in [3.63, 3.8) is 0 Å². The van der Waals surface area contributed by atoms with Crippen LogP contribution in [-0.2, 0) is 14.3 Å². The zero-order chi connectivity index (χ0) is 13.9. The molecule has 1 amide bonds. The number of carbonyl (C=O) groups is 2. The highest BCUT2D eigenvalue weighted by Crippen LogP contribution is 2.46. The number of methoxy groups -OCH3 is 1. The van der Waals surface area contributed by atoms with Crippen molar-refractivity contribution in [3.05, 3.63) is 29.7 Å². The zero-order valence-electron chi connectivity index (χ0n) is 11.1. The molecule has 5 heteroatoms. The Hall–Kier alpha value is -2.04. The summed E-state index contributed by atoms with van der Waals surface area (Å²) in [4.78, 5) is 23.4. The third-order valence-corrected chi connectivity index (χ3v) is 3.32. The van der Waals surface area contributed by atoms with E-state index in [0.29, 0.717) is 17.9 Å². The van der Waals surface area contributed by atoms with Crippen molar-refractivity contribution in [3.8, 4) is 0 Å². The molecule has 1 saturated carbocycles. The highest BCUT2D eigenvalue weighted by Gasteiger charge is 2.51. The summed E-state index contributed by atoms with van der Waals surface area (Å²) in [5.74, 6) is 0.175. The Labute approximate surface area is 111 Å². The minimum absolute atomic E-state index is 0.202. The van der Waals surface area contributed by atoms with Gasteiger partial charge in [-0.2, -0.15) is 0 Å². The van der Waals surface area contributed by atoms with Gasteiger partial charge in [-0.15, -0.1) is 0 Å². The van der Waals surface area contributed by atoms with Crippen LogP contribution in [0.4, 0.5) is 0 Å². The summed E-state index contributed by atoms with van der Waals surface area (Å²) in [6.45, 7) is 2.03. The van der Waals surface area contributed by atoms with Crippen molar-refractivity contribution in [2.75, 3.05) is 13.7 Å². The van der Waals surface area contributed by atoms with Gasteiger partial charge in [-0.05, 0) is 38.0 Å². The lowest BCUT2D eigenvalue weighted by Crippen LogP contribution is -2.35. The van der Waals surface area contributed by atoms with Gasteiger partial charge >= 0.3 is 5.97 Å². The van der Waals surface area contributed by atoms with Gasteiger partial charge in [0, 0.05) is 12.1 Å². The molecule has 1 fully saturated rings. The second-order valence-corrected chi connectivity index (χ2v) is 4.80. The molecule has 0 unspecified atom stereocenters. The highest BCUT2D eigenvalue weighted by atomic mass is 16.5. The van der Waals surface area contributed by atoms with Gasteiger partial charge < -0.3 is 14.5 Å². The molecule has 2 rings (SSSR count). The lowest BCUT2D eigenvalue weighted by atomic mass is 10.1. The van der Waals surface area contributed by atoms with Gasteiger partial charge in [0.15, 0.2) is 0 Å². The first-order valence-corrected chi connectivity index (χ1v) is 6.16. The van der Waals surface area contributed by atoms with E-state index in [9.17, 15) is 9.59 Å². The number of carbonyl (C=O) groups excluding carboxylic acids is 2. The molecule has 1 aliphatic rings. The first kappa shape index (κ1) is 13.4. The van der Waals surface area contributed by atoms with Crippen LogP contribution < -0.4 is 5.32 Å². The Kier molecular flexibility index (Phi) is 3.74. The molecule has 0 spiro atoms. The standard InChI is InChI=1S/C14H17NO4/c1-10(8-11-4-3-7-19-11)12(16)15-9-14(5-6-14)13(17)18-2/h3-4,7-8H,5-6,9H2,1-2H3,(H,15,16)/b10-8+. The maximum Gasteiger partial charge on any atom is 0.313 e. The largest absolute Gasteiger partial charge is 0.469 e. The van der Waals surface area contributed by atoms with Crippen LogP contribution in [0.25, 0.3) is 6.08 Å². The molecule has 0 saturated heterocycles. The van der Waals surface area contributed by atoms with Crippen LogP contribution >= 0.6 is 0 Å². The Morgan fingerprint density at radius 3 is 2.79 bits per heavy atom. The van der Waals surface area contributed by atoms with Crippen molar-refractivity contribution in [1.82, 2.24) is 5.32 Å². The van der Waals surface area contributed by atoms with E-state index in [4.69, 9.17) is 9.15 Å². The van der Waals surface area contributed by atoms with E-state index in [1.807, 2.05) is 0 Å². The summed E-state index contributed by atoms with van der Waals surface area (Å²) >= 11 is 0. The Morgan fingerprint density at radius 2 is 2.26 bits per heavy atom. The van der Waals surface area contributed by atoms with E-state index in [1.165, 1.54) is 7.11 Å². The third-order valence-electron chi connectivity index (χ3n) is 3.32. The summed E-state index contributed by atoms with van der Waals surface area (Å²) in [7, 11) is 1.37. The second-order valence-electron chi connectivity index (χ2n) is 4.80. The highest BCUT2D eigenvalue weighted by molar-refractivity contribution is 5.97. The third kappa shape index (κ3) is 3.05. The average molecular weight is 263 g/mol. The molecule has 0 aromatic carbocycles. The van der Waals surface area contributed by atoms with Crippen molar-refractivity contribution >= 4 is 18.0 Å². The van der Waals surface area contributed by atoms with Crippen LogP contribution in [0.1, 0.15) is 25.5 Å². The monoisotopic (exact) mass is 263 g/mol. The average Bonchev–Trinajstić information content (AvgIpc) is 3.04. The minimum atomic E-state index is -0.505. The van der Waals surface area contributed by atoms with E-state index >= 15 is 0 Å². The fraction of sp³-hybridized carbons (Fsp3) is 0.429. The smallest absolute Gasteiger partial charge is 0.313 e. The van der Waals surface area contributed by atoms with Gasteiger partial charge in [0.1, 0.15) is 5.76 Å². The molecule has 0 radical (unpaired) electrons. The molecule has 0 atom stereocenters. The van der Waals surface area contributed by atoms with Gasteiger partial charge in [0.25, 0.3) is 0 Å². The lowest BCUT2D eigenvalue weighted by molar-refractivity contribution is -0.147. The van der Waals surface area contributed by atoms with E-state index in [1.54, 1.807) is 31.4 Å². The predicted octanol–water partition coefficient (Wildman–Crippen LogP) is 1.75. The number of esters is 1. The molecule has 0 aliphatic heterocycles. The quantitative estimate of drug-likeness (QED) is 0.649. The van der Waals surface area contributed by atoms with Crippen LogP contribution in [0.5, 0.6) is 0 Å². The number of rotatable bonds is 5. The number of amides is 1. The van der Waals surface area contributed by atoms with Crippen LogP contribution in [0.15, 0.2) is 28.4 Å². The summed E-state index contributed by atoms with van der Waals surface area (Å²) < 4.78 is 9.87. The van der Waals surface area contributed by atoms with Crippen LogP contribution in [0.2, 0.25) is 0 Å². The first-order chi connectivity index (χ1) is 9.07. The minimum Gasteiger partial charge on any atom is -0.469 e. The van der Waals surface area contributed by atoms with Crippen molar-refractivity contribution < 1.29 is 18.7 Å². The summed E-state index contributed by atoms with van der Waals surface area (Å²) in [6, 6.07) is 3.53. The molecule has 1 aliphatic carbocycles. The summed E-state index contributed by atoms with van der Waals surface area (Å²) in [5.41, 5.74) is 0.0330. The van der Waals surface area contributed by atoms with Crippen molar-refractivity contribution in [2.24, 2.45) is 5.41 Å². The van der Waals surface area contributed by atoms with Gasteiger partial charge in [-0.3, -0.25) is 9.59 Å². The molecule has 1 aromatic rings. The van der Waals surface area contributed by atoms with E-state index in [0.717, 1.165) is 12.8 Å². The fourth-order valence-electron chi connectivity index (χ4n) is 1.86. The number of ether oxygens (including phenoxy) is 1. The first-order valence-electron chi connectivity index (χ1n) is 6.16. The van der Waals surface area contributed by atoms with Crippen LogP contribution in [0, 0.1) is 5.41 Å². The van der Waals surface area contributed by atoms with E-state index < -0.39 is 5.41 Å². The van der Waals surface area contributed by atoms with E-state index in [-0.39, 0.29) is 11.9 Å². The SMILES string of the molecule is COC(=O)C1(CNC(=O)/C(C)=C/c2ccco2)CC1. The van der Waals surface area contributed by atoms with Crippen molar-refractivity contribution in [1.29, 1.82) is 0 Å². The fourth-order valence-corrected chi connectivity index (χ4v) is 1.86. The molecule has 0 bridgehead atoms. The second kappa shape index (κ2) is 5.30. The normalized spacial score (nSPS) is 16.8. The Morgan fingerprint density at radius 1 is 1.53 bits per heavy atom. The molecular weight excluding hydrogens is 246 g/mol. The zero-order valence-corrected chi connectivity index (χ0v) is 11.1. The molecule has 1 heterocycles. The van der Waals surface area contributed by atoms with Crippen molar-refractivity contribution in [2.45, 2.75) is 19.8 Å². The molecular formula is C14H17NO4. The maximum atomic E-state index is 11.9. The summed E-state index contributed by atoms with van der Waals surface area (Å²) in [5, 5.41) is 2.76. The van der Waals surface area contributed by atoms with Gasteiger partial charge in [-0.1, -0.05) is 0 Å². The molecule has 19 heavy (non-hydrogen) atoms.